The summed E-state index contributed by atoms with van der Waals surface area (Å²) in [6.45, 7) is 3.69. The van der Waals surface area contributed by atoms with E-state index in [-0.39, 0.29) is 18.9 Å². The number of carbonyl (C=O) groups excluding carboxylic acids is 1. The number of amides is 1. The summed E-state index contributed by atoms with van der Waals surface area (Å²) in [5, 5.41) is 10.6. The molecule has 1 aliphatic heterocycles. The lowest BCUT2D eigenvalue weighted by molar-refractivity contribution is -0.0756. The van der Waals surface area contributed by atoms with Gasteiger partial charge in [-0.15, -0.1) is 13.0 Å². The van der Waals surface area contributed by atoms with Crippen LogP contribution in [0.4, 0.5) is 0 Å². The number of aliphatic hydroxyl groups is 1. The van der Waals surface area contributed by atoms with E-state index in [2.05, 4.69) is 12.5 Å². The number of terminal acetylenes is 1. The van der Waals surface area contributed by atoms with E-state index in [1.54, 1.807) is 30.3 Å². The molecule has 0 aliphatic carbocycles. The second-order valence-electron chi connectivity index (χ2n) is 3.95. The molecular formula is C14H13NO2. The molecule has 86 valence electrons. The molecule has 1 unspecified atom stereocenters. The van der Waals surface area contributed by atoms with Crippen molar-refractivity contribution in [3.05, 3.63) is 48.0 Å². The first kappa shape index (κ1) is 11.4. The van der Waals surface area contributed by atoms with Crippen LogP contribution in [0.3, 0.4) is 0 Å². The van der Waals surface area contributed by atoms with Crippen LogP contribution in [-0.2, 0) is 5.72 Å². The summed E-state index contributed by atoms with van der Waals surface area (Å²) in [4.78, 5) is 13.4. The number of benzene rings is 1. The first-order valence-electron chi connectivity index (χ1n) is 5.33. The molecule has 0 aromatic heterocycles. The Morgan fingerprint density at radius 2 is 2.24 bits per heavy atom. The molecule has 0 spiro atoms. The Hall–Kier alpha value is -2.05. The van der Waals surface area contributed by atoms with E-state index in [9.17, 15) is 9.90 Å². The third-order valence-corrected chi connectivity index (χ3v) is 2.96. The zero-order chi connectivity index (χ0) is 12.5. The highest BCUT2D eigenvalue weighted by Crippen LogP contribution is 2.39. The molecule has 2 rings (SSSR count). The van der Waals surface area contributed by atoms with Gasteiger partial charge in [-0.25, -0.2) is 0 Å². The Kier molecular flexibility index (Phi) is 2.74. The molecule has 1 heterocycles. The van der Waals surface area contributed by atoms with Crippen LogP contribution in [0.1, 0.15) is 22.3 Å². The summed E-state index contributed by atoms with van der Waals surface area (Å²) in [7, 11) is 0. The zero-order valence-electron chi connectivity index (χ0n) is 9.39. The van der Waals surface area contributed by atoms with Crippen molar-refractivity contribution in [2.24, 2.45) is 0 Å². The number of rotatable bonds is 3. The van der Waals surface area contributed by atoms with Crippen molar-refractivity contribution < 1.29 is 9.90 Å². The first-order chi connectivity index (χ1) is 8.15. The van der Waals surface area contributed by atoms with Gasteiger partial charge >= 0.3 is 0 Å². The molecule has 3 nitrogen and oxygen atoms in total. The third-order valence-electron chi connectivity index (χ3n) is 2.96. The van der Waals surface area contributed by atoms with Gasteiger partial charge < -0.3 is 5.11 Å². The van der Waals surface area contributed by atoms with Gasteiger partial charge in [-0.05, 0) is 6.07 Å². The van der Waals surface area contributed by atoms with Gasteiger partial charge in [0.15, 0.2) is 5.72 Å². The Labute approximate surface area is 100 Å². The van der Waals surface area contributed by atoms with E-state index >= 15 is 0 Å². The van der Waals surface area contributed by atoms with E-state index in [1.165, 1.54) is 4.90 Å². The van der Waals surface area contributed by atoms with E-state index in [0.717, 1.165) is 0 Å². The fraction of sp³-hybridized carbons (Fsp3) is 0.214. The topological polar surface area (TPSA) is 40.5 Å². The second-order valence-corrected chi connectivity index (χ2v) is 3.95. The van der Waals surface area contributed by atoms with Gasteiger partial charge in [-0.2, -0.15) is 0 Å². The molecule has 1 N–H and O–H groups in total. The summed E-state index contributed by atoms with van der Waals surface area (Å²) < 4.78 is 0. The maximum atomic E-state index is 12.1. The van der Waals surface area contributed by atoms with Crippen LogP contribution in [0, 0.1) is 12.3 Å². The molecule has 0 saturated carbocycles. The van der Waals surface area contributed by atoms with Gasteiger partial charge in [0.2, 0.25) is 0 Å². The van der Waals surface area contributed by atoms with Crippen molar-refractivity contribution in [1.82, 2.24) is 4.90 Å². The van der Waals surface area contributed by atoms with Gasteiger partial charge in [-0.1, -0.05) is 30.2 Å². The van der Waals surface area contributed by atoms with Crippen molar-refractivity contribution in [2.45, 2.75) is 12.1 Å². The standard InChI is InChI=1S/C14H13NO2/c1-3-9-14(17)12-8-6-5-7-11(12)13(16)15(14)10-4-2/h2-3,5-8,17H,1,9-10H2. The minimum absolute atomic E-state index is 0.0812. The molecule has 3 heteroatoms. The molecule has 0 radical (unpaired) electrons. The zero-order valence-corrected chi connectivity index (χ0v) is 9.39. The molecule has 1 aliphatic rings. The Balaban J connectivity index is 2.57. The average molecular weight is 227 g/mol. The number of fused-ring (bicyclic) bond motifs is 1. The number of hydrogen-bond acceptors (Lipinski definition) is 2. The van der Waals surface area contributed by atoms with E-state index < -0.39 is 5.72 Å². The number of hydrogen-bond donors (Lipinski definition) is 1. The predicted molar refractivity (Wildman–Crippen MR) is 65.0 cm³/mol. The van der Waals surface area contributed by atoms with Crippen LogP contribution in [-0.4, -0.2) is 22.5 Å². The van der Waals surface area contributed by atoms with Crippen LogP contribution in [0.5, 0.6) is 0 Å². The lowest BCUT2D eigenvalue weighted by atomic mass is 9.98. The van der Waals surface area contributed by atoms with Crippen LogP contribution < -0.4 is 0 Å². The molecule has 0 saturated heterocycles. The maximum Gasteiger partial charge on any atom is 0.257 e. The fourth-order valence-corrected chi connectivity index (χ4v) is 2.19. The lowest BCUT2D eigenvalue weighted by Crippen LogP contribution is -2.43. The predicted octanol–water partition coefficient (Wildman–Crippen LogP) is 1.50. The monoisotopic (exact) mass is 227 g/mol. The Bertz CT molecular complexity index is 515. The van der Waals surface area contributed by atoms with Crippen LogP contribution >= 0.6 is 0 Å². The largest absolute Gasteiger partial charge is 0.366 e. The summed E-state index contributed by atoms with van der Waals surface area (Å²) in [6.07, 6.45) is 7.09. The van der Waals surface area contributed by atoms with Crippen molar-refractivity contribution in [3.63, 3.8) is 0 Å². The van der Waals surface area contributed by atoms with Crippen molar-refractivity contribution in [1.29, 1.82) is 0 Å². The maximum absolute atomic E-state index is 12.1. The van der Waals surface area contributed by atoms with Gasteiger partial charge in [0.1, 0.15) is 0 Å². The van der Waals surface area contributed by atoms with Gasteiger partial charge in [0.05, 0.1) is 6.54 Å². The molecule has 17 heavy (non-hydrogen) atoms. The Morgan fingerprint density at radius 1 is 1.53 bits per heavy atom. The molecule has 1 atom stereocenters. The third kappa shape index (κ3) is 1.54. The molecular weight excluding hydrogens is 214 g/mol. The van der Waals surface area contributed by atoms with Gasteiger partial charge in [0.25, 0.3) is 5.91 Å². The normalized spacial score (nSPS) is 22.1. The smallest absolute Gasteiger partial charge is 0.257 e. The summed E-state index contributed by atoms with van der Waals surface area (Å²) in [6, 6.07) is 7.00. The average Bonchev–Trinajstić information content (AvgIpc) is 2.54. The molecule has 1 amide bonds. The minimum Gasteiger partial charge on any atom is -0.366 e. The summed E-state index contributed by atoms with van der Waals surface area (Å²) >= 11 is 0. The van der Waals surface area contributed by atoms with Crippen LogP contribution in [0.15, 0.2) is 36.9 Å². The highest BCUT2D eigenvalue weighted by atomic mass is 16.3. The summed E-state index contributed by atoms with van der Waals surface area (Å²) in [5.74, 6) is 2.17. The fourth-order valence-electron chi connectivity index (χ4n) is 2.19. The van der Waals surface area contributed by atoms with Crippen molar-refractivity contribution in [2.75, 3.05) is 6.54 Å². The number of carbonyl (C=O) groups is 1. The highest BCUT2D eigenvalue weighted by molar-refractivity contribution is 5.99. The molecule has 1 aromatic carbocycles. The van der Waals surface area contributed by atoms with Crippen molar-refractivity contribution in [3.8, 4) is 12.3 Å². The SMILES string of the molecule is C#CCN1C(=O)c2ccccc2C1(O)CC=C. The van der Waals surface area contributed by atoms with E-state index in [1.807, 2.05) is 0 Å². The van der Waals surface area contributed by atoms with Gasteiger partial charge in [0, 0.05) is 17.5 Å². The van der Waals surface area contributed by atoms with Gasteiger partial charge in [-0.3, -0.25) is 9.69 Å². The van der Waals surface area contributed by atoms with Crippen LogP contribution in [0.25, 0.3) is 0 Å². The lowest BCUT2D eigenvalue weighted by Gasteiger charge is -2.32. The highest BCUT2D eigenvalue weighted by Gasteiger charge is 2.46. The summed E-state index contributed by atoms with van der Waals surface area (Å²) in [5.41, 5.74) is -0.255. The quantitative estimate of drug-likeness (QED) is 0.628. The number of nitrogens with zero attached hydrogens (tertiary/aromatic N) is 1. The first-order valence-corrected chi connectivity index (χ1v) is 5.33. The Morgan fingerprint density at radius 3 is 2.88 bits per heavy atom. The minimum atomic E-state index is -1.36. The van der Waals surface area contributed by atoms with E-state index in [4.69, 9.17) is 6.42 Å². The molecule has 1 aromatic rings. The molecule has 0 bridgehead atoms. The van der Waals surface area contributed by atoms with Crippen LogP contribution in [0.2, 0.25) is 0 Å². The van der Waals surface area contributed by atoms with Crippen molar-refractivity contribution >= 4 is 5.91 Å². The second kappa shape index (κ2) is 4.08. The van der Waals surface area contributed by atoms with E-state index in [0.29, 0.717) is 11.1 Å². The molecule has 0 fully saturated rings.